The van der Waals surface area contributed by atoms with Gasteiger partial charge in [0.2, 0.25) is 0 Å². The van der Waals surface area contributed by atoms with Crippen LogP contribution in [-0.4, -0.2) is 30.1 Å². The van der Waals surface area contributed by atoms with Crippen molar-refractivity contribution in [3.8, 4) is 5.75 Å². The predicted octanol–water partition coefficient (Wildman–Crippen LogP) is 2.40. The van der Waals surface area contributed by atoms with E-state index < -0.39 is 17.5 Å². The second-order valence-electron chi connectivity index (χ2n) is 5.63. The summed E-state index contributed by atoms with van der Waals surface area (Å²) in [7, 11) is 0. The number of aromatic nitrogens is 3. The fraction of sp³-hybridized carbons (Fsp3) is 0.176. The van der Waals surface area contributed by atoms with Crippen LogP contribution in [0.15, 0.2) is 55.1 Å². The topological polar surface area (TPSA) is 91.4 Å². The van der Waals surface area contributed by atoms with Crippen LogP contribution in [0.5, 0.6) is 5.75 Å². The van der Waals surface area contributed by atoms with E-state index in [2.05, 4.69) is 10.1 Å². The third-order valence-corrected chi connectivity index (χ3v) is 4.27. The van der Waals surface area contributed by atoms with Crippen molar-refractivity contribution in [3.05, 3.63) is 77.1 Å². The molecule has 0 saturated heterocycles. The molecule has 0 saturated carbocycles. The number of aliphatic hydroxyl groups is 2. The molecule has 0 spiro atoms. The summed E-state index contributed by atoms with van der Waals surface area (Å²) in [6.45, 7) is -0.142. The molecule has 130 valence electrons. The number of nitrogens with zero attached hydrogens (tertiary/aromatic N) is 3. The lowest BCUT2D eigenvalue weighted by atomic mass is 9.84. The Hall–Kier alpha value is -2.48. The summed E-state index contributed by atoms with van der Waals surface area (Å²) in [6, 6.07) is 9.16. The highest BCUT2D eigenvalue weighted by atomic mass is 35.5. The minimum Gasteiger partial charge on any atom is -0.508 e. The largest absolute Gasteiger partial charge is 0.508 e. The number of aromatic hydroxyl groups is 1. The van der Waals surface area contributed by atoms with E-state index >= 15 is 0 Å². The number of rotatable bonds is 5. The molecule has 1 aromatic heterocycles. The molecule has 6 nitrogen and oxygen atoms in total. The zero-order valence-electron chi connectivity index (χ0n) is 12.9. The smallest absolute Gasteiger partial charge is 0.139 e. The maximum Gasteiger partial charge on any atom is 0.139 e. The lowest BCUT2D eigenvalue weighted by Crippen LogP contribution is -2.38. The van der Waals surface area contributed by atoms with Crippen LogP contribution in [0.25, 0.3) is 0 Å². The summed E-state index contributed by atoms with van der Waals surface area (Å²) in [5, 5.41) is 35.7. The van der Waals surface area contributed by atoms with Gasteiger partial charge in [-0.2, -0.15) is 5.10 Å². The van der Waals surface area contributed by atoms with Crippen molar-refractivity contribution in [2.75, 3.05) is 0 Å². The van der Waals surface area contributed by atoms with Crippen LogP contribution in [0.1, 0.15) is 17.2 Å². The monoisotopic (exact) mass is 363 g/mol. The van der Waals surface area contributed by atoms with Crippen molar-refractivity contribution in [2.24, 2.45) is 0 Å². The van der Waals surface area contributed by atoms with E-state index in [1.165, 1.54) is 59.8 Å². The summed E-state index contributed by atoms with van der Waals surface area (Å²) >= 11 is 6.10. The first-order chi connectivity index (χ1) is 11.9. The van der Waals surface area contributed by atoms with Gasteiger partial charge in [-0.05, 0) is 29.8 Å². The first-order valence-electron chi connectivity index (χ1n) is 7.37. The van der Waals surface area contributed by atoms with E-state index in [9.17, 15) is 19.7 Å². The lowest BCUT2D eigenvalue weighted by Gasteiger charge is -2.34. The molecule has 2 unspecified atom stereocenters. The molecule has 2 atom stereocenters. The number of phenols is 1. The van der Waals surface area contributed by atoms with Gasteiger partial charge in [0, 0.05) is 5.56 Å². The van der Waals surface area contributed by atoms with Crippen LogP contribution in [0.4, 0.5) is 4.39 Å². The molecule has 3 rings (SSSR count). The van der Waals surface area contributed by atoms with Crippen LogP contribution in [0.2, 0.25) is 5.02 Å². The standard InChI is InChI=1S/C17H15ClFN3O3/c18-15-7-13(23)5-6-14(15)16(24)17(25,8-22-10-20-9-21-22)11-1-3-12(19)4-2-11/h1-7,9-10,16,23-25H,8H2. The SMILES string of the molecule is Oc1ccc(C(O)C(O)(Cn2cncn2)c2ccc(F)cc2)c(Cl)c1. The molecular weight excluding hydrogens is 349 g/mol. The Labute approximate surface area is 147 Å². The van der Waals surface area contributed by atoms with Gasteiger partial charge in [0.25, 0.3) is 0 Å². The van der Waals surface area contributed by atoms with E-state index in [1.807, 2.05) is 0 Å². The van der Waals surface area contributed by atoms with Gasteiger partial charge in [0.15, 0.2) is 0 Å². The van der Waals surface area contributed by atoms with E-state index in [4.69, 9.17) is 11.6 Å². The van der Waals surface area contributed by atoms with Gasteiger partial charge in [0.05, 0.1) is 11.6 Å². The highest BCUT2D eigenvalue weighted by molar-refractivity contribution is 6.31. The molecule has 0 radical (unpaired) electrons. The van der Waals surface area contributed by atoms with Crippen molar-refractivity contribution in [2.45, 2.75) is 18.2 Å². The van der Waals surface area contributed by atoms with E-state index in [0.717, 1.165) is 0 Å². The summed E-state index contributed by atoms with van der Waals surface area (Å²) in [6.07, 6.45) is 1.22. The fourth-order valence-electron chi connectivity index (χ4n) is 2.63. The zero-order valence-corrected chi connectivity index (χ0v) is 13.7. The van der Waals surface area contributed by atoms with Crippen molar-refractivity contribution >= 4 is 11.6 Å². The van der Waals surface area contributed by atoms with Crippen LogP contribution in [0, 0.1) is 5.82 Å². The van der Waals surface area contributed by atoms with Crippen LogP contribution >= 0.6 is 11.6 Å². The van der Waals surface area contributed by atoms with Crippen molar-refractivity contribution < 1.29 is 19.7 Å². The Morgan fingerprint density at radius 1 is 1.20 bits per heavy atom. The number of halogens is 2. The second-order valence-corrected chi connectivity index (χ2v) is 6.04. The number of benzene rings is 2. The molecule has 0 amide bonds. The number of phenolic OH excluding ortho intramolecular Hbond substituents is 1. The third kappa shape index (κ3) is 3.48. The average molecular weight is 364 g/mol. The second kappa shape index (κ2) is 6.79. The number of hydrogen-bond acceptors (Lipinski definition) is 5. The highest BCUT2D eigenvalue weighted by Gasteiger charge is 2.40. The Bertz CT molecular complexity index is 858. The molecule has 3 N–H and O–H groups in total. The van der Waals surface area contributed by atoms with Gasteiger partial charge >= 0.3 is 0 Å². The average Bonchev–Trinajstić information content (AvgIpc) is 3.07. The quantitative estimate of drug-likeness (QED) is 0.647. The van der Waals surface area contributed by atoms with Crippen molar-refractivity contribution in [3.63, 3.8) is 0 Å². The minimum atomic E-state index is -1.86. The van der Waals surface area contributed by atoms with Gasteiger partial charge in [-0.15, -0.1) is 0 Å². The van der Waals surface area contributed by atoms with Crippen LogP contribution in [-0.2, 0) is 12.1 Å². The molecule has 0 aliphatic heterocycles. The summed E-state index contributed by atoms with van der Waals surface area (Å²) in [4.78, 5) is 3.82. The Balaban J connectivity index is 2.07. The van der Waals surface area contributed by atoms with Gasteiger partial charge in [-0.25, -0.2) is 14.1 Å². The predicted molar refractivity (Wildman–Crippen MR) is 88.4 cm³/mol. The van der Waals surface area contributed by atoms with E-state index in [-0.39, 0.29) is 28.4 Å². The zero-order chi connectivity index (χ0) is 18.0. The molecule has 3 aromatic rings. The van der Waals surface area contributed by atoms with E-state index in [1.54, 1.807) is 0 Å². The minimum absolute atomic E-state index is 0.0671. The fourth-order valence-corrected chi connectivity index (χ4v) is 2.91. The molecule has 8 heteroatoms. The maximum absolute atomic E-state index is 13.3. The first kappa shape index (κ1) is 17.3. The third-order valence-electron chi connectivity index (χ3n) is 3.94. The highest BCUT2D eigenvalue weighted by Crippen LogP contribution is 2.40. The van der Waals surface area contributed by atoms with E-state index in [0.29, 0.717) is 0 Å². The van der Waals surface area contributed by atoms with Crippen LogP contribution < -0.4 is 0 Å². The van der Waals surface area contributed by atoms with Crippen LogP contribution in [0.3, 0.4) is 0 Å². The molecular formula is C17H15ClFN3O3. The first-order valence-corrected chi connectivity index (χ1v) is 7.75. The molecule has 0 fully saturated rings. The molecule has 2 aromatic carbocycles. The normalized spacial score (nSPS) is 14.9. The molecule has 25 heavy (non-hydrogen) atoms. The van der Waals surface area contributed by atoms with Gasteiger partial charge in [0.1, 0.15) is 35.9 Å². The van der Waals surface area contributed by atoms with Gasteiger partial charge in [-0.1, -0.05) is 29.8 Å². The Kier molecular flexibility index (Phi) is 4.71. The molecule has 0 bridgehead atoms. The molecule has 1 heterocycles. The summed E-state index contributed by atoms with van der Waals surface area (Å²) < 4.78 is 14.6. The summed E-state index contributed by atoms with van der Waals surface area (Å²) in [5.41, 5.74) is -1.37. The van der Waals surface area contributed by atoms with Gasteiger partial charge < -0.3 is 15.3 Å². The number of aliphatic hydroxyl groups excluding tert-OH is 1. The Morgan fingerprint density at radius 3 is 2.52 bits per heavy atom. The Morgan fingerprint density at radius 2 is 1.92 bits per heavy atom. The van der Waals surface area contributed by atoms with Gasteiger partial charge in [-0.3, -0.25) is 0 Å². The maximum atomic E-state index is 13.3. The summed E-state index contributed by atoms with van der Waals surface area (Å²) in [5.74, 6) is -0.536. The van der Waals surface area contributed by atoms with Crippen molar-refractivity contribution in [1.29, 1.82) is 0 Å². The molecule has 0 aliphatic carbocycles. The molecule has 0 aliphatic rings. The number of hydrogen-bond donors (Lipinski definition) is 3. The lowest BCUT2D eigenvalue weighted by molar-refractivity contribution is -0.0965. The van der Waals surface area contributed by atoms with Crippen molar-refractivity contribution in [1.82, 2.24) is 14.8 Å².